The van der Waals surface area contributed by atoms with Crippen LogP contribution in [0, 0.1) is 0 Å². The molecule has 1 fully saturated rings. The molecule has 0 saturated carbocycles. The van der Waals surface area contributed by atoms with Crippen molar-refractivity contribution in [1.29, 1.82) is 0 Å². The number of anilines is 1. The van der Waals surface area contributed by atoms with Crippen molar-refractivity contribution < 1.29 is 22.8 Å². The van der Waals surface area contributed by atoms with Crippen molar-refractivity contribution in [2.75, 3.05) is 18.4 Å². The van der Waals surface area contributed by atoms with Gasteiger partial charge in [0.05, 0.1) is 5.56 Å². The van der Waals surface area contributed by atoms with Crippen LogP contribution in [0.5, 0.6) is 0 Å². The molecule has 1 aliphatic rings. The monoisotopic (exact) mass is 329 g/mol. The molecule has 0 radical (unpaired) electrons. The Morgan fingerprint density at radius 1 is 1.30 bits per heavy atom. The molecule has 0 aromatic heterocycles. The van der Waals surface area contributed by atoms with E-state index >= 15 is 0 Å². The van der Waals surface area contributed by atoms with Crippen LogP contribution >= 0.6 is 0 Å². The molecule has 3 N–H and O–H groups in total. The minimum atomic E-state index is -4.61. The highest BCUT2D eigenvalue weighted by Gasteiger charge is 2.33. The van der Waals surface area contributed by atoms with E-state index in [-0.39, 0.29) is 17.3 Å². The minimum absolute atomic E-state index is 0.0583. The van der Waals surface area contributed by atoms with E-state index in [1.165, 1.54) is 17.9 Å². The van der Waals surface area contributed by atoms with Crippen molar-refractivity contribution in [3.63, 3.8) is 0 Å². The molecule has 2 rings (SSSR count). The smallest absolute Gasteiger partial charge is 0.337 e. The molecule has 1 saturated heterocycles. The zero-order valence-corrected chi connectivity index (χ0v) is 12.6. The summed E-state index contributed by atoms with van der Waals surface area (Å²) >= 11 is 0. The number of carbonyl (C=O) groups excluding carboxylic acids is 2. The lowest BCUT2D eigenvalue weighted by Gasteiger charge is -2.31. The van der Waals surface area contributed by atoms with Gasteiger partial charge < -0.3 is 16.0 Å². The Labute approximate surface area is 131 Å². The van der Waals surface area contributed by atoms with E-state index < -0.39 is 23.6 Å². The molecular weight excluding hydrogens is 311 g/mol. The van der Waals surface area contributed by atoms with Gasteiger partial charge in [-0.2, -0.15) is 13.2 Å². The first-order valence-electron chi connectivity index (χ1n) is 7.21. The molecule has 5 nitrogen and oxygen atoms in total. The van der Waals surface area contributed by atoms with Crippen LogP contribution in [0.25, 0.3) is 0 Å². The van der Waals surface area contributed by atoms with Crippen LogP contribution in [0.3, 0.4) is 0 Å². The Morgan fingerprint density at radius 3 is 2.57 bits per heavy atom. The van der Waals surface area contributed by atoms with Gasteiger partial charge in [0.1, 0.15) is 0 Å². The predicted octanol–water partition coefficient (Wildman–Crippen LogP) is 2.23. The molecule has 1 aromatic carbocycles. The Morgan fingerprint density at radius 2 is 2.00 bits per heavy atom. The molecular formula is C15H18F3N3O2. The second kappa shape index (κ2) is 6.57. The number of benzene rings is 1. The van der Waals surface area contributed by atoms with Gasteiger partial charge in [0, 0.05) is 37.3 Å². The molecule has 1 aliphatic heterocycles. The summed E-state index contributed by atoms with van der Waals surface area (Å²) in [6.07, 6.45) is -3.12. The summed E-state index contributed by atoms with van der Waals surface area (Å²) in [4.78, 5) is 25.0. The summed E-state index contributed by atoms with van der Waals surface area (Å²) in [7, 11) is 0. The predicted molar refractivity (Wildman–Crippen MR) is 78.9 cm³/mol. The lowest BCUT2D eigenvalue weighted by atomic mass is 10.0. The fraction of sp³-hybridized carbons (Fsp3) is 0.467. The Hall–Kier alpha value is -2.09. The molecule has 0 spiro atoms. The van der Waals surface area contributed by atoms with Gasteiger partial charge in [-0.25, -0.2) is 0 Å². The highest BCUT2D eigenvalue weighted by Crippen LogP contribution is 2.32. The van der Waals surface area contributed by atoms with Crippen LogP contribution < -0.4 is 11.1 Å². The summed E-state index contributed by atoms with van der Waals surface area (Å²) in [6, 6.07) is 2.68. The molecule has 2 amide bonds. The number of rotatable bonds is 2. The maximum Gasteiger partial charge on any atom is 0.416 e. The van der Waals surface area contributed by atoms with Gasteiger partial charge in [-0.15, -0.1) is 0 Å². The average molecular weight is 329 g/mol. The third-order valence-corrected chi connectivity index (χ3v) is 3.57. The van der Waals surface area contributed by atoms with Gasteiger partial charge in [-0.1, -0.05) is 0 Å². The normalized spacial score (nSPS) is 18.7. The second-order valence-electron chi connectivity index (χ2n) is 5.63. The van der Waals surface area contributed by atoms with E-state index in [2.05, 4.69) is 5.32 Å². The van der Waals surface area contributed by atoms with Crippen LogP contribution in [0.15, 0.2) is 18.2 Å². The Bertz CT molecular complexity index is 616. The molecule has 0 bridgehead atoms. The van der Waals surface area contributed by atoms with Crippen LogP contribution in [-0.4, -0.2) is 35.8 Å². The van der Waals surface area contributed by atoms with Crippen molar-refractivity contribution >= 4 is 17.5 Å². The average Bonchev–Trinajstić information content (AvgIpc) is 2.44. The number of hydrogen-bond acceptors (Lipinski definition) is 3. The quantitative estimate of drug-likeness (QED) is 0.874. The Balaban J connectivity index is 2.35. The van der Waals surface area contributed by atoms with Gasteiger partial charge in [0.15, 0.2) is 0 Å². The number of hydrogen-bond donors (Lipinski definition) is 2. The van der Waals surface area contributed by atoms with E-state index in [4.69, 9.17) is 5.73 Å². The highest BCUT2D eigenvalue weighted by atomic mass is 19.4. The topological polar surface area (TPSA) is 75.4 Å². The van der Waals surface area contributed by atoms with Crippen molar-refractivity contribution in [2.45, 2.75) is 32.0 Å². The number of likely N-dealkylation sites (tertiary alicyclic amines) is 1. The number of nitrogens with two attached hydrogens (primary N) is 1. The lowest BCUT2D eigenvalue weighted by molar-refractivity contribution is -0.137. The summed E-state index contributed by atoms with van der Waals surface area (Å²) in [5.74, 6) is -1.03. The third-order valence-electron chi connectivity index (χ3n) is 3.57. The van der Waals surface area contributed by atoms with E-state index in [1.807, 2.05) is 0 Å². The number of alkyl halides is 3. The van der Waals surface area contributed by atoms with Crippen LogP contribution in [0.1, 0.15) is 35.7 Å². The lowest BCUT2D eigenvalue weighted by Crippen LogP contribution is -2.45. The van der Waals surface area contributed by atoms with Crippen LogP contribution in [0.4, 0.5) is 18.9 Å². The fourth-order valence-electron chi connectivity index (χ4n) is 2.57. The molecule has 23 heavy (non-hydrogen) atoms. The third kappa shape index (κ3) is 4.44. The number of nitrogens with zero attached hydrogens (tertiary/aromatic N) is 1. The Kier molecular flexibility index (Phi) is 4.93. The zero-order valence-electron chi connectivity index (χ0n) is 12.6. The number of nitrogens with one attached hydrogen (secondary N) is 1. The SMILES string of the molecule is CC(=O)Nc1cc(C(=O)N2CCCC(N)C2)cc(C(F)(F)F)c1. The van der Waals surface area contributed by atoms with Gasteiger partial charge >= 0.3 is 6.18 Å². The molecule has 0 aliphatic carbocycles. The molecule has 1 unspecified atom stereocenters. The van der Waals surface area contributed by atoms with Gasteiger partial charge in [0.2, 0.25) is 5.91 Å². The number of halogens is 3. The van der Waals surface area contributed by atoms with Gasteiger partial charge in [0.25, 0.3) is 5.91 Å². The van der Waals surface area contributed by atoms with Crippen molar-refractivity contribution in [3.05, 3.63) is 29.3 Å². The standard InChI is InChI=1S/C15H18F3N3O2/c1-9(22)20-13-6-10(5-11(7-13)15(16,17)18)14(23)21-4-2-3-12(19)8-21/h5-7,12H,2-4,8,19H2,1H3,(H,20,22). The molecule has 1 aromatic rings. The molecule has 1 heterocycles. The summed E-state index contributed by atoms with van der Waals surface area (Å²) in [5.41, 5.74) is 4.66. The van der Waals surface area contributed by atoms with Crippen LogP contribution in [0.2, 0.25) is 0 Å². The maximum absolute atomic E-state index is 13.0. The van der Waals surface area contributed by atoms with Gasteiger partial charge in [-0.05, 0) is 31.0 Å². The van der Waals surface area contributed by atoms with E-state index in [1.54, 1.807) is 0 Å². The van der Waals surface area contributed by atoms with Crippen LogP contribution in [-0.2, 0) is 11.0 Å². The van der Waals surface area contributed by atoms with Gasteiger partial charge in [-0.3, -0.25) is 9.59 Å². The largest absolute Gasteiger partial charge is 0.416 e. The summed E-state index contributed by atoms with van der Waals surface area (Å²) in [5, 5.41) is 2.29. The molecule has 1 atom stereocenters. The first kappa shape index (κ1) is 17.3. The van der Waals surface area contributed by atoms with E-state index in [9.17, 15) is 22.8 Å². The summed E-state index contributed by atoms with van der Waals surface area (Å²) in [6.45, 7) is 1.95. The molecule has 126 valence electrons. The number of carbonyl (C=O) groups is 2. The zero-order chi connectivity index (χ0) is 17.2. The summed E-state index contributed by atoms with van der Waals surface area (Å²) < 4.78 is 39.0. The van der Waals surface area contributed by atoms with Crippen molar-refractivity contribution in [3.8, 4) is 0 Å². The highest BCUT2D eigenvalue weighted by molar-refractivity contribution is 5.97. The van der Waals surface area contributed by atoms with Crippen molar-refractivity contribution in [1.82, 2.24) is 4.90 Å². The number of piperidine rings is 1. The first-order valence-corrected chi connectivity index (χ1v) is 7.21. The minimum Gasteiger partial charge on any atom is -0.337 e. The number of amides is 2. The molecule has 8 heteroatoms. The van der Waals surface area contributed by atoms with E-state index in [0.717, 1.165) is 18.6 Å². The fourth-order valence-corrected chi connectivity index (χ4v) is 2.57. The second-order valence-corrected chi connectivity index (χ2v) is 5.63. The van der Waals surface area contributed by atoms with Crippen molar-refractivity contribution in [2.24, 2.45) is 5.73 Å². The van der Waals surface area contributed by atoms with E-state index in [0.29, 0.717) is 19.5 Å². The maximum atomic E-state index is 13.0. The first-order chi connectivity index (χ1) is 10.7.